The van der Waals surface area contributed by atoms with Crippen LogP contribution >= 0.6 is 24.0 Å². The van der Waals surface area contributed by atoms with Crippen molar-refractivity contribution < 1.29 is 9.53 Å². The number of hydrogen-bond acceptors (Lipinski definition) is 3. The molecule has 1 saturated heterocycles. The third kappa shape index (κ3) is 7.49. The van der Waals surface area contributed by atoms with Gasteiger partial charge in [0.15, 0.2) is 5.96 Å². The zero-order chi connectivity index (χ0) is 17.9. The largest absolute Gasteiger partial charge is 0.382 e. The molecule has 0 spiro atoms. The van der Waals surface area contributed by atoms with Gasteiger partial charge in [-0.1, -0.05) is 12.1 Å². The first-order valence-corrected chi connectivity index (χ1v) is 9.16. The van der Waals surface area contributed by atoms with E-state index in [1.807, 2.05) is 24.0 Å². The Balaban J connectivity index is 0.00000338. The van der Waals surface area contributed by atoms with Crippen LogP contribution in [-0.2, 0) is 16.1 Å². The van der Waals surface area contributed by atoms with Crippen LogP contribution in [0.4, 0.5) is 5.69 Å². The van der Waals surface area contributed by atoms with Crippen LogP contribution in [-0.4, -0.2) is 45.2 Å². The number of amides is 1. The number of halogens is 1. The maximum Gasteiger partial charge on any atom is 0.227 e. The second kappa shape index (κ2) is 12.9. The molecular formula is C19H31IN4O2. The van der Waals surface area contributed by atoms with Gasteiger partial charge in [0, 0.05) is 52.0 Å². The number of rotatable bonds is 9. The molecule has 146 valence electrons. The molecule has 1 aliphatic heterocycles. The van der Waals surface area contributed by atoms with Crippen LogP contribution in [0, 0.1) is 0 Å². The summed E-state index contributed by atoms with van der Waals surface area (Å²) in [5, 5.41) is 6.62. The quantitative estimate of drug-likeness (QED) is 0.250. The van der Waals surface area contributed by atoms with Gasteiger partial charge in [-0.15, -0.1) is 24.0 Å². The lowest BCUT2D eigenvalue weighted by molar-refractivity contribution is -0.117. The number of anilines is 1. The lowest BCUT2D eigenvalue weighted by Gasteiger charge is -2.16. The summed E-state index contributed by atoms with van der Waals surface area (Å²) in [5.41, 5.74) is 2.15. The Morgan fingerprint density at radius 1 is 1.23 bits per heavy atom. The van der Waals surface area contributed by atoms with Crippen LogP contribution in [0.1, 0.15) is 38.2 Å². The van der Waals surface area contributed by atoms with Crippen molar-refractivity contribution >= 4 is 41.5 Å². The van der Waals surface area contributed by atoms with Crippen molar-refractivity contribution in [3.05, 3.63) is 29.8 Å². The molecule has 1 amide bonds. The van der Waals surface area contributed by atoms with Gasteiger partial charge in [0.2, 0.25) is 5.91 Å². The maximum absolute atomic E-state index is 11.8. The molecule has 0 aromatic heterocycles. The molecular weight excluding hydrogens is 443 g/mol. The van der Waals surface area contributed by atoms with Crippen LogP contribution in [0.3, 0.4) is 0 Å². The first-order chi connectivity index (χ1) is 12.2. The van der Waals surface area contributed by atoms with Crippen LogP contribution in [0.5, 0.6) is 0 Å². The van der Waals surface area contributed by atoms with Crippen molar-refractivity contribution in [2.24, 2.45) is 4.99 Å². The number of ether oxygens (including phenoxy) is 1. The van der Waals surface area contributed by atoms with Crippen LogP contribution in [0.25, 0.3) is 0 Å². The Morgan fingerprint density at radius 2 is 2.00 bits per heavy atom. The summed E-state index contributed by atoms with van der Waals surface area (Å²) >= 11 is 0. The topological polar surface area (TPSA) is 66.0 Å². The van der Waals surface area contributed by atoms with Crippen molar-refractivity contribution in [2.45, 2.75) is 39.2 Å². The van der Waals surface area contributed by atoms with E-state index in [1.54, 1.807) is 7.05 Å². The van der Waals surface area contributed by atoms with Crippen LogP contribution < -0.4 is 15.5 Å². The van der Waals surface area contributed by atoms with Gasteiger partial charge in [-0.25, -0.2) is 0 Å². The molecule has 0 saturated carbocycles. The molecule has 1 aliphatic rings. The van der Waals surface area contributed by atoms with E-state index in [0.29, 0.717) is 13.0 Å². The predicted molar refractivity (Wildman–Crippen MR) is 117 cm³/mol. The minimum atomic E-state index is 0. The average Bonchev–Trinajstić information content (AvgIpc) is 3.07. The highest BCUT2D eigenvalue weighted by Gasteiger charge is 2.21. The van der Waals surface area contributed by atoms with E-state index >= 15 is 0 Å². The predicted octanol–water partition coefficient (Wildman–Crippen LogP) is 2.91. The second-order valence-electron chi connectivity index (χ2n) is 6.07. The van der Waals surface area contributed by atoms with Crippen molar-refractivity contribution in [3.63, 3.8) is 0 Å². The van der Waals surface area contributed by atoms with Crippen molar-refractivity contribution in [1.29, 1.82) is 0 Å². The first-order valence-electron chi connectivity index (χ1n) is 9.16. The van der Waals surface area contributed by atoms with Gasteiger partial charge in [-0.05, 0) is 43.9 Å². The minimum absolute atomic E-state index is 0. The van der Waals surface area contributed by atoms with E-state index in [-0.39, 0.29) is 29.9 Å². The molecule has 26 heavy (non-hydrogen) atoms. The molecule has 1 aromatic carbocycles. The van der Waals surface area contributed by atoms with Gasteiger partial charge in [0.1, 0.15) is 0 Å². The number of aliphatic imine (C=N–C) groups is 1. The third-order valence-corrected chi connectivity index (χ3v) is 4.22. The molecule has 1 heterocycles. The molecule has 0 aliphatic carbocycles. The number of nitrogens with zero attached hydrogens (tertiary/aromatic N) is 2. The Bertz CT molecular complexity index is 563. The van der Waals surface area contributed by atoms with Crippen molar-refractivity contribution in [2.75, 3.05) is 38.3 Å². The summed E-state index contributed by atoms with van der Waals surface area (Å²) < 4.78 is 5.33. The Labute approximate surface area is 173 Å². The molecule has 2 N–H and O–H groups in total. The van der Waals surface area contributed by atoms with E-state index in [1.165, 1.54) is 0 Å². The van der Waals surface area contributed by atoms with Crippen LogP contribution in [0.15, 0.2) is 29.3 Å². The zero-order valence-corrected chi connectivity index (χ0v) is 18.1. The van der Waals surface area contributed by atoms with Crippen molar-refractivity contribution in [3.8, 4) is 0 Å². The molecule has 0 unspecified atom stereocenters. The monoisotopic (exact) mass is 474 g/mol. The standard InChI is InChI=1S/C19H30N4O2.HI/c1-3-25-14-5-4-12-21-19(20-2)22-15-16-8-10-17(11-9-16)23-13-6-7-18(23)24;/h8-11H,3-7,12-15H2,1-2H3,(H2,20,21,22);1H. The highest BCUT2D eigenvalue weighted by molar-refractivity contribution is 14.0. The fraction of sp³-hybridized carbons (Fsp3) is 0.579. The molecule has 0 atom stereocenters. The van der Waals surface area contributed by atoms with Gasteiger partial charge in [-0.2, -0.15) is 0 Å². The Kier molecular flexibility index (Phi) is 11.3. The number of unbranched alkanes of at least 4 members (excludes halogenated alkanes) is 1. The summed E-state index contributed by atoms with van der Waals surface area (Å²) in [5.74, 6) is 1.02. The fourth-order valence-corrected chi connectivity index (χ4v) is 2.80. The van der Waals surface area contributed by atoms with Gasteiger partial charge >= 0.3 is 0 Å². The van der Waals surface area contributed by atoms with E-state index in [4.69, 9.17) is 4.74 Å². The summed E-state index contributed by atoms with van der Waals surface area (Å²) in [6.07, 6.45) is 3.72. The summed E-state index contributed by atoms with van der Waals surface area (Å²) in [6, 6.07) is 8.15. The van der Waals surface area contributed by atoms with E-state index < -0.39 is 0 Å². The summed E-state index contributed by atoms with van der Waals surface area (Å²) in [7, 11) is 1.78. The smallest absolute Gasteiger partial charge is 0.227 e. The molecule has 1 aromatic rings. The lowest BCUT2D eigenvalue weighted by atomic mass is 10.2. The number of guanidine groups is 1. The van der Waals surface area contributed by atoms with Gasteiger partial charge < -0.3 is 20.3 Å². The van der Waals surface area contributed by atoms with Crippen molar-refractivity contribution in [1.82, 2.24) is 10.6 Å². The van der Waals surface area contributed by atoms with E-state index in [9.17, 15) is 4.79 Å². The minimum Gasteiger partial charge on any atom is -0.382 e. The Morgan fingerprint density at radius 3 is 2.62 bits per heavy atom. The molecule has 2 rings (SSSR count). The fourth-order valence-electron chi connectivity index (χ4n) is 2.80. The summed E-state index contributed by atoms with van der Waals surface area (Å²) in [6.45, 7) is 6.02. The molecule has 1 fully saturated rings. The van der Waals surface area contributed by atoms with E-state index in [0.717, 1.165) is 62.8 Å². The SMILES string of the molecule is CCOCCCCNC(=NC)NCc1ccc(N2CCCC2=O)cc1.I. The van der Waals surface area contributed by atoms with Gasteiger partial charge in [-0.3, -0.25) is 9.79 Å². The lowest BCUT2D eigenvalue weighted by Crippen LogP contribution is -2.37. The Hall–Kier alpha value is -1.35. The number of carbonyl (C=O) groups excluding carboxylic acids is 1. The highest BCUT2D eigenvalue weighted by Crippen LogP contribution is 2.21. The normalized spacial score (nSPS) is 14.3. The zero-order valence-electron chi connectivity index (χ0n) is 15.8. The molecule has 0 bridgehead atoms. The average molecular weight is 474 g/mol. The number of carbonyl (C=O) groups is 1. The van der Waals surface area contributed by atoms with Gasteiger partial charge in [0.25, 0.3) is 0 Å². The van der Waals surface area contributed by atoms with Crippen LogP contribution in [0.2, 0.25) is 0 Å². The van der Waals surface area contributed by atoms with E-state index in [2.05, 4.69) is 27.8 Å². The third-order valence-electron chi connectivity index (χ3n) is 4.22. The molecule has 6 nitrogen and oxygen atoms in total. The van der Waals surface area contributed by atoms with Gasteiger partial charge in [0.05, 0.1) is 0 Å². The highest BCUT2D eigenvalue weighted by atomic mass is 127. The molecule has 7 heteroatoms. The number of nitrogens with one attached hydrogen (secondary N) is 2. The second-order valence-corrected chi connectivity index (χ2v) is 6.07. The maximum atomic E-state index is 11.8. The first kappa shape index (κ1) is 22.7. The number of benzene rings is 1. The summed E-state index contributed by atoms with van der Waals surface area (Å²) in [4.78, 5) is 17.9. The molecule has 0 radical (unpaired) electrons. The number of hydrogen-bond donors (Lipinski definition) is 2.